The predicted octanol–water partition coefficient (Wildman–Crippen LogP) is 5.87. The van der Waals surface area contributed by atoms with Crippen LogP contribution >= 0.6 is 0 Å². The summed E-state index contributed by atoms with van der Waals surface area (Å²) in [6.07, 6.45) is 0. The maximum atomic E-state index is 6.22. The zero-order valence-electron chi connectivity index (χ0n) is 16.1. The molecule has 0 aliphatic heterocycles. The molecule has 130 valence electrons. The summed E-state index contributed by atoms with van der Waals surface area (Å²) in [4.78, 5) is 0. The van der Waals surface area contributed by atoms with Crippen LogP contribution in [0, 0.1) is 0 Å². The summed E-state index contributed by atoms with van der Waals surface area (Å²) in [5.74, 6) is 1.84. The van der Waals surface area contributed by atoms with E-state index in [1.165, 1.54) is 11.1 Å². The molecule has 0 bridgehead atoms. The van der Waals surface area contributed by atoms with Gasteiger partial charge in [-0.25, -0.2) is 0 Å². The molecule has 0 aliphatic rings. The molecule has 2 rings (SSSR count). The van der Waals surface area contributed by atoms with E-state index in [1.54, 1.807) is 7.11 Å². The highest BCUT2D eigenvalue weighted by Crippen LogP contribution is 2.35. The van der Waals surface area contributed by atoms with Gasteiger partial charge in [0.25, 0.3) is 0 Å². The van der Waals surface area contributed by atoms with Gasteiger partial charge in [-0.2, -0.15) is 0 Å². The Hall–Kier alpha value is -1.96. The van der Waals surface area contributed by atoms with E-state index in [9.17, 15) is 0 Å². The molecule has 0 atom stereocenters. The molecule has 0 saturated heterocycles. The molecular formula is C22H30O2. The molecule has 2 aromatic rings. The van der Waals surface area contributed by atoms with Crippen molar-refractivity contribution in [2.24, 2.45) is 0 Å². The maximum absolute atomic E-state index is 6.22. The van der Waals surface area contributed by atoms with Crippen molar-refractivity contribution in [1.82, 2.24) is 0 Å². The van der Waals surface area contributed by atoms with Crippen molar-refractivity contribution < 1.29 is 9.47 Å². The third-order valence-corrected chi connectivity index (χ3v) is 4.21. The third-order valence-electron chi connectivity index (χ3n) is 4.21. The lowest BCUT2D eigenvalue weighted by Gasteiger charge is -2.26. The SMILES string of the molecule is COc1ccc(COc2cc(C(C)(C)C)ccc2C(C)(C)C)cc1. The molecule has 0 spiro atoms. The Morgan fingerprint density at radius 1 is 0.792 bits per heavy atom. The van der Waals surface area contributed by atoms with Crippen LogP contribution in [0.4, 0.5) is 0 Å². The van der Waals surface area contributed by atoms with Crippen molar-refractivity contribution in [3.63, 3.8) is 0 Å². The predicted molar refractivity (Wildman–Crippen MR) is 101 cm³/mol. The molecule has 0 heterocycles. The second-order valence-electron chi connectivity index (χ2n) is 8.35. The normalized spacial score (nSPS) is 12.1. The standard InChI is InChI=1S/C22H30O2/c1-21(2,3)17-10-13-19(22(4,5)6)20(14-17)24-15-16-8-11-18(23-7)12-9-16/h8-14H,15H2,1-7H3. The minimum atomic E-state index is 0.0473. The molecule has 0 N–H and O–H groups in total. The Morgan fingerprint density at radius 2 is 1.42 bits per heavy atom. The second-order valence-corrected chi connectivity index (χ2v) is 8.35. The molecule has 24 heavy (non-hydrogen) atoms. The van der Waals surface area contributed by atoms with Gasteiger partial charge in [-0.05, 0) is 45.7 Å². The Labute approximate surface area is 146 Å². The lowest BCUT2D eigenvalue weighted by molar-refractivity contribution is 0.296. The van der Waals surface area contributed by atoms with Crippen LogP contribution in [0.15, 0.2) is 42.5 Å². The van der Waals surface area contributed by atoms with Crippen molar-refractivity contribution in [3.8, 4) is 11.5 Å². The second kappa shape index (κ2) is 6.88. The van der Waals surface area contributed by atoms with Crippen molar-refractivity contribution in [3.05, 3.63) is 59.2 Å². The molecule has 2 heteroatoms. The summed E-state index contributed by atoms with van der Waals surface area (Å²) in [7, 11) is 1.68. The van der Waals surface area contributed by atoms with Crippen LogP contribution in [0.3, 0.4) is 0 Å². The van der Waals surface area contributed by atoms with E-state index in [4.69, 9.17) is 9.47 Å². The van der Waals surface area contributed by atoms with Crippen LogP contribution in [0.25, 0.3) is 0 Å². The first-order valence-corrected chi connectivity index (χ1v) is 8.52. The fourth-order valence-electron chi connectivity index (χ4n) is 2.61. The highest BCUT2D eigenvalue weighted by Gasteiger charge is 2.22. The van der Waals surface area contributed by atoms with E-state index in [0.717, 1.165) is 17.1 Å². The number of methoxy groups -OCH3 is 1. The fraction of sp³-hybridized carbons (Fsp3) is 0.455. The molecule has 0 saturated carbocycles. The topological polar surface area (TPSA) is 18.5 Å². The number of hydrogen-bond donors (Lipinski definition) is 0. The highest BCUT2D eigenvalue weighted by molar-refractivity contribution is 5.43. The first-order chi connectivity index (χ1) is 11.1. The minimum Gasteiger partial charge on any atom is -0.497 e. The first kappa shape index (κ1) is 18.4. The van der Waals surface area contributed by atoms with Crippen LogP contribution in [-0.2, 0) is 17.4 Å². The Kier molecular flexibility index (Phi) is 5.27. The molecule has 0 unspecified atom stereocenters. The molecular weight excluding hydrogens is 296 g/mol. The largest absolute Gasteiger partial charge is 0.497 e. The number of rotatable bonds is 4. The molecule has 0 aromatic heterocycles. The van der Waals surface area contributed by atoms with E-state index >= 15 is 0 Å². The number of ether oxygens (including phenoxy) is 2. The van der Waals surface area contributed by atoms with Crippen LogP contribution in [0.5, 0.6) is 11.5 Å². The summed E-state index contributed by atoms with van der Waals surface area (Å²) in [6, 6.07) is 14.7. The van der Waals surface area contributed by atoms with Crippen LogP contribution in [0.2, 0.25) is 0 Å². The zero-order valence-corrected chi connectivity index (χ0v) is 16.1. The van der Waals surface area contributed by atoms with E-state index < -0.39 is 0 Å². The average Bonchev–Trinajstić information content (AvgIpc) is 2.51. The number of benzene rings is 2. The van der Waals surface area contributed by atoms with Gasteiger partial charge in [-0.3, -0.25) is 0 Å². The minimum absolute atomic E-state index is 0.0473. The summed E-state index contributed by atoms with van der Waals surface area (Å²) < 4.78 is 11.4. The summed E-state index contributed by atoms with van der Waals surface area (Å²) in [5.41, 5.74) is 3.82. The molecule has 0 amide bonds. The zero-order chi connectivity index (χ0) is 18.0. The van der Waals surface area contributed by atoms with Crippen LogP contribution < -0.4 is 9.47 Å². The number of hydrogen-bond acceptors (Lipinski definition) is 2. The van der Waals surface area contributed by atoms with E-state index in [2.05, 4.69) is 59.7 Å². The smallest absolute Gasteiger partial charge is 0.123 e. The molecule has 0 fully saturated rings. The van der Waals surface area contributed by atoms with E-state index in [1.807, 2.05) is 24.3 Å². The van der Waals surface area contributed by atoms with Crippen molar-refractivity contribution >= 4 is 0 Å². The molecule has 0 aliphatic carbocycles. The van der Waals surface area contributed by atoms with Gasteiger partial charge in [0.2, 0.25) is 0 Å². The summed E-state index contributed by atoms with van der Waals surface area (Å²) in [6.45, 7) is 13.9. The average molecular weight is 326 g/mol. The Bertz CT molecular complexity index is 671. The maximum Gasteiger partial charge on any atom is 0.123 e. The summed E-state index contributed by atoms with van der Waals surface area (Å²) >= 11 is 0. The Morgan fingerprint density at radius 3 is 1.92 bits per heavy atom. The van der Waals surface area contributed by atoms with Crippen molar-refractivity contribution in [2.75, 3.05) is 7.11 Å². The van der Waals surface area contributed by atoms with Gasteiger partial charge in [0.1, 0.15) is 18.1 Å². The van der Waals surface area contributed by atoms with Gasteiger partial charge in [-0.1, -0.05) is 65.8 Å². The van der Waals surface area contributed by atoms with Gasteiger partial charge in [0.15, 0.2) is 0 Å². The Balaban J connectivity index is 2.28. The van der Waals surface area contributed by atoms with Gasteiger partial charge in [-0.15, -0.1) is 0 Å². The fourth-order valence-corrected chi connectivity index (χ4v) is 2.61. The molecule has 0 radical (unpaired) electrons. The summed E-state index contributed by atoms with van der Waals surface area (Å²) in [5, 5.41) is 0. The highest BCUT2D eigenvalue weighted by atomic mass is 16.5. The van der Waals surface area contributed by atoms with Gasteiger partial charge in [0.05, 0.1) is 7.11 Å². The third kappa shape index (κ3) is 4.53. The van der Waals surface area contributed by atoms with E-state index in [0.29, 0.717) is 6.61 Å². The van der Waals surface area contributed by atoms with Crippen molar-refractivity contribution in [2.45, 2.75) is 59.0 Å². The van der Waals surface area contributed by atoms with E-state index in [-0.39, 0.29) is 10.8 Å². The molecule has 2 aromatic carbocycles. The first-order valence-electron chi connectivity index (χ1n) is 8.52. The van der Waals surface area contributed by atoms with Crippen LogP contribution in [0.1, 0.15) is 58.2 Å². The van der Waals surface area contributed by atoms with Crippen LogP contribution in [-0.4, -0.2) is 7.11 Å². The van der Waals surface area contributed by atoms with Gasteiger partial charge in [0, 0.05) is 0 Å². The monoisotopic (exact) mass is 326 g/mol. The lowest BCUT2D eigenvalue weighted by Crippen LogP contribution is -2.16. The van der Waals surface area contributed by atoms with Gasteiger partial charge >= 0.3 is 0 Å². The van der Waals surface area contributed by atoms with Gasteiger partial charge < -0.3 is 9.47 Å². The quantitative estimate of drug-likeness (QED) is 0.699. The van der Waals surface area contributed by atoms with Crippen molar-refractivity contribution in [1.29, 1.82) is 0 Å². The molecule has 2 nitrogen and oxygen atoms in total. The lowest BCUT2D eigenvalue weighted by atomic mass is 9.81.